The van der Waals surface area contributed by atoms with Gasteiger partial charge in [-0.3, -0.25) is 75.3 Å². The Morgan fingerprint density at radius 3 is 0.955 bits per heavy atom. The normalized spacial score (nSPS) is 15.2. The lowest BCUT2D eigenvalue weighted by Gasteiger charge is -2.14. The maximum absolute atomic E-state index is 13.7. The smallest absolute Gasteiger partial charge is 0.415 e. The maximum Gasteiger partial charge on any atom is 0.415 e. The molecular formula is C89H80F6N20O17. The lowest BCUT2D eigenvalue weighted by Crippen LogP contribution is -2.39. The van der Waals surface area contributed by atoms with Crippen LogP contribution in [0.4, 0.5) is 45.5 Å². The molecule has 12 aromatic rings. The van der Waals surface area contributed by atoms with Crippen LogP contribution in [-0.2, 0) is 0 Å². The van der Waals surface area contributed by atoms with E-state index in [2.05, 4.69) is 87.2 Å². The van der Waals surface area contributed by atoms with E-state index in [4.69, 9.17) is 23.7 Å². The minimum absolute atomic E-state index is 0.00364. The summed E-state index contributed by atoms with van der Waals surface area (Å²) in [7, 11) is 7.16. The highest BCUT2D eigenvalue weighted by Gasteiger charge is 2.40. The van der Waals surface area contributed by atoms with Gasteiger partial charge >= 0.3 is 47.1 Å². The molecule has 680 valence electrons. The number of rotatable bonds is 17. The van der Waals surface area contributed by atoms with Crippen molar-refractivity contribution in [3.63, 3.8) is 0 Å². The molecule has 4 aromatic carbocycles. The number of halogens is 6. The number of fused-ring (bicyclic) bond motifs is 4. The van der Waals surface area contributed by atoms with E-state index in [9.17, 15) is 83.9 Å². The standard InChI is InChI=1S/C23H22FN5O5.2C22H19F2N5O4.C22H20FN5O4/c1-27(23(32)34-17-11-13(24)10-16(12-17)33-2)9-3-4-18-25-19-20(26-18)28(14-5-6-14)22(31)29(21(19)30)15-7-8-15;1-27(22(32)33-15-5-2-4-14(23)17(15)24)11-3-6-16-25-18-19(26-16)28(12-7-8-12)21(31)29(20(18)30)13-9-10-13;1-27(22(32)33-14-8-9-15(23)16(24)11-14)10-2-3-17-25-18-19(26-17)28(12-4-5-12)21(31)29(20(18)30)13-6-7-13;1-26(22(31)32-16-5-2-4-13(23)12-16)11-3-6-17-24-18-19(25-17)27(14-7-8-14)21(30)28(20(18)29)15-9-10-15/h10-12,14-15H,5-9H2,1-2H3,(H,25,26);2,4-5,12-13H,7-11H2,1H3,(H,25,26);8-9,11-13H,4-7,10H2,1H3,(H,25,26);2,4-5,12,14-15H,7-11H2,1H3,(H,24,25). The summed E-state index contributed by atoms with van der Waals surface area (Å²) in [5, 5.41) is 0. The second kappa shape index (κ2) is 36.4. The number of nitrogens with zero attached hydrogens (tertiary/aromatic N) is 16. The van der Waals surface area contributed by atoms with E-state index in [1.165, 1.54) is 99.8 Å². The molecule has 0 spiro atoms. The number of hydrogen-bond donors (Lipinski definition) is 4. The van der Waals surface area contributed by atoms with Crippen molar-refractivity contribution in [1.29, 1.82) is 0 Å². The summed E-state index contributed by atoms with van der Waals surface area (Å²) in [5.74, 6) is 17.0. The third kappa shape index (κ3) is 19.3. The van der Waals surface area contributed by atoms with Gasteiger partial charge < -0.3 is 43.6 Å². The number of H-pyrrole nitrogens is 4. The van der Waals surface area contributed by atoms with Gasteiger partial charge in [-0.1, -0.05) is 35.8 Å². The number of aromatic nitrogens is 16. The van der Waals surface area contributed by atoms with Crippen LogP contribution in [0.15, 0.2) is 117 Å². The van der Waals surface area contributed by atoms with E-state index < -0.39 is 76.1 Å². The number of aromatic amines is 4. The Labute approximate surface area is 740 Å². The summed E-state index contributed by atoms with van der Waals surface area (Å²) in [6, 6.07) is 14.9. The Morgan fingerprint density at radius 1 is 0.341 bits per heavy atom. The summed E-state index contributed by atoms with van der Waals surface area (Å²) >= 11 is 0. The Balaban J connectivity index is 0.000000123. The van der Waals surface area contributed by atoms with Crippen LogP contribution < -0.4 is 68.7 Å². The summed E-state index contributed by atoms with van der Waals surface area (Å²) in [6.45, 7) is -0.146. The molecule has 0 unspecified atom stereocenters. The van der Waals surface area contributed by atoms with E-state index in [0.717, 1.165) is 155 Å². The van der Waals surface area contributed by atoms with Crippen LogP contribution in [-0.4, -0.2) is 182 Å². The molecule has 8 aliphatic carbocycles. The Kier molecular flexibility index (Phi) is 24.3. The van der Waals surface area contributed by atoms with Crippen molar-refractivity contribution in [3.05, 3.63) is 220 Å². The van der Waals surface area contributed by atoms with Crippen molar-refractivity contribution in [2.24, 2.45) is 0 Å². The number of nitrogens with one attached hydrogen (secondary N) is 4. The zero-order valence-corrected chi connectivity index (χ0v) is 71.1. The van der Waals surface area contributed by atoms with Crippen molar-refractivity contribution >= 4 is 69.0 Å². The molecule has 132 heavy (non-hydrogen) atoms. The van der Waals surface area contributed by atoms with Crippen molar-refractivity contribution in [3.8, 4) is 76.1 Å². The van der Waals surface area contributed by atoms with Gasteiger partial charge in [0, 0.05) is 107 Å². The minimum Gasteiger partial charge on any atom is -0.497 e. The molecule has 0 bridgehead atoms. The Bertz CT molecular complexity index is 7540. The molecule has 8 aliphatic rings. The van der Waals surface area contributed by atoms with Crippen LogP contribution in [0.1, 0.15) is 174 Å². The first kappa shape index (κ1) is 88.2. The molecule has 0 atom stereocenters. The second-order valence-corrected chi connectivity index (χ2v) is 32.8. The van der Waals surface area contributed by atoms with Gasteiger partial charge in [-0.25, -0.2) is 80.2 Å². The quantitative estimate of drug-likeness (QED) is 0.0487. The minimum atomic E-state index is -1.26. The number of carbonyl (C=O) groups excluding carboxylic acids is 4. The first-order valence-electron chi connectivity index (χ1n) is 42.2. The summed E-state index contributed by atoms with van der Waals surface area (Å²) in [6.07, 6.45) is 10.2. The van der Waals surface area contributed by atoms with Crippen LogP contribution in [0.2, 0.25) is 0 Å². The number of methoxy groups -OCH3 is 1. The lowest BCUT2D eigenvalue weighted by atomic mass is 10.3. The Hall–Kier alpha value is -15.8. The predicted octanol–water partition coefficient (Wildman–Crippen LogP) is 9.00. The van der Waals surface area contributed by atoms with Gasteiger partial charge in [-0.2, -0.15) is 4.39 Å². The third-order valence-corrected chi connectivity index (χ3v) is 22.2. The van der Waals surface area contributed by atoms with E-state index in [1.54, 1.807) is 18.3 Å². The number of carbonyl (C=O) groups is 4. The van der Waals surface area contributed by atoms with E-state index >= 15 is 0 Å². The largest absolute Gasteiger partial charge is 0.497 e. The molecular weight excluding hydrogens is 1740 g/mol. The fourth-order valence-corrected chi connectivity index (χ4v) is 14.2. The Morgan fingerprint density at radius 2 is 0.636 bits per heavy atom. The van der Waals surface area contributed by atoms with Crippen molar-refractivity contribution in [2.45, 2.75) is 151 Å². The first-order valence-corrected chi connectivity index (χ1v) is 42.2. The molecule has 43 heteroatoms. The molecule has 0 radical (unpaired) electrons. The number of benzene rings is 4. The average Bonchev–Trinajstić information content (AvgIpc) is 1.60. The van der Waals surface area contributed by atoms with Gasteiger partial charge in [0.2, 0.25) is 5.82 Å². The van der Waals surface area contributed by atoms with Crippen LogP contribution in [0.5, 0.6) is 28.7 Å². The average molecular weight is 1820 g/mol. The second-order valence-electron chi connectivity index (χ2n) is 32.8. The fourth-order valence-electron chi connectivity index (χ4n) is 14.2. The highest BCUT2D eigenvalue weighted by atomic mass is 19.2. The third-order valence-electron chi connectivity index (χ3n) is 22.2. The van der Waals surface area contributed by atoms with Gasteiger partial charge in [-0.15, -0.1) is 0 Å². The molecule has 0 saturated heterocycles. The highest BCUT2D eigenvalue weighted by molar-refractivity contribution is 5.76. The van der Waals surface area contributed by atoms with E-state index in [1.807, 2.05) is 0 Å². The van der Waals surface area contributed by atoms with Gasteiger partial charge in [0.1, 0.15) is 34.6 Å². The van der Waals surface area contributed by atoms with Gasteiger partial charge in [0.25, 0.3) is 22.2 Å². The molecule has 8 aromatic heterocycles. The fraction of sp³-hybridized carbons (Fsp3) is 0.371. The molecule has 0 aliphatic heterocycles. The topological polar surface area (TPSA) is 418 Å². The molecule has 8 fully saturated rings. The summed E-state index contributed by atoms with van der Waals surface area (Å²) in [5.41, 5.74) is -0.654. The zero-order valence-electron chi connectivity index (χ0n) is 71.1. The highest BCUT2D eigenvalue weighted by Crippen LogP contribution is 2.41. The number of hydrogen-bond acceptors (Lipinski definition) is 21. The molecule has 37 nitrogen and oxygen atoms in total. The molecule has 8 saturated carbocycles. The molecule has 4 amide bonds. The van der Waals surface area contributed by atoms with Crippen LogP contribution in [0, 0.1) is 82.3 Å². The number of imidazole rings is 4. The summed E-state index contributed by atoms with van der Waals surface area (Å²) in [4.78, 5) is 185. The summed E-state index contributed by atoms with van der Waals surface area (Å²) < 4.78 is 117. The van der Waals surface area contributed by atoms with Crippen molar-refractivity contribution in [2.75, 3.05) is 61.5 Å². The molecule has 8 heterocycles. The van der Waals surface area contributed by atoms with Gasteiger partial charge in [-0.05, 0) is 163 Å². The lowest BCUT2D eigenvalue weighted by molar-refractivity contribution is 0.165. The first-order chi connectivity index (χ1) is 63.4. The van der Waals surface area contributed by atoms with Crippen LogP contribution in [0.3, 0.4) is 0 Å². The van der Waals surface area contributed by atoms with E-state index in [0.29, 0.717) is 16.9 Å². The van der Waals surface area contributed by atoms with Crippen molar-refractivity contribution < 1.29 is 69.2 Å². The number of ether oxygens (including phenoxy) is 5. The molecule has 4 N–H and O–H groups in total. The van der Waals surface area contributed by atoms with Gasteiger partial charge in [0.05, 0.1) is 33.3 Å². The van der Waals surface area contributed by atoms with Crippen LogP contribution >= 0.6 is 0 Å². The number of amides is 4. The van der Waals surface area contributed by atoms with Crippen LogP contribution in [0.25, 0.3) is 44.7 Å². The zero-order chi connectivity index (χ0) is 92.9. The monoisotopic (exact) mass is 1810 g/mol. The van der Waals surface area contributed by atoms with Crippen molar-refractivity contribution in [1.82, 2.24) is 96.0 Å². The SMILES string of the molecule is CN(CC#Cc1nc2c([nH]1)c(=O)n(C1CC1)c(=O)n2C1CC1)C(=O)Oc1ccc(F)c(F)c1.CN(CC#Cc1nc2c([nH]1)c(=O)n(C1CC1)c(=O)n2C1CC1)C(=O)Oc1cccc(F)c1.CN(CC#Cc1nc2c([nH]1)c(=O)n(C1CC1)c(=O)n2C1CC1)C(=O)Oc1cccc(F)c1F.COc1cc(F)cc(OC(=O)N(C)CC#Cc2nc3c([nH]2)c(=O)n(C2CC2)c(=O)n3C2CC2)c1. The molecule has 20 rings (SSSR count). The predicted molar refractivity (Wildman–Crippen MR) is 459 cm³/mol. The van der Waals surface area contributed by atoms with E-state index in [-0.39, 0.29) is 182 Å². The maximum atomic E-state index is 13.7. The van der Waals surface area contributed by atoms with Gasteiger partial charge in [0.15, 0.2) is 91.2 Å².